The van der Waals surface area contributed by atoms with Gasteiger partial charge in [-0.05, 0) is 49.3 Å². The molecule has 2 aliphatic rings. The molecular formula is C15H18N2O. The van der Waals surface area contributed by atoms with Crippen LogP contribution in [0.5, 0.6) is 0 Å². The molecule has 2 aliphatic carbocycles. The van der Waals surface area contributed by atoms with Crippen molar-refractivity contribution in [2.45, 2.75) is 31.7 Å². The van der Waals surface area contributed by atoms with Crippen molar-refractivity contribution in [3.63, 3.8) is 0 Å². The molecule has 1 heterocycles. The van der Waals surface area contributed by atoms with Crippen molar-refractivity contribution in [3.05, 3.63) is 57.5 Å². The van der Waals surface area contributed by atoms with Crippen LogP contribution in [0.1, 0.15) is 31.0 Å². The molecule has 1 saturated carbocycles. The van der Waals surface area contributed by atoms with E-state index < -0.39 is 5.54 Å². The van der Waals surface area contributed by atoms with Crippen LogP contribution in [0, 0.1) is 5.92 Å². The van der Waals surface area contributed by atoms with Gasteiger partial charge in [0.15, 0.2) is 0 Å². The molecule has 0 aliphatic heterocycles. The van der Waals surface area contributed by atoms with Gasteiger partial charge in [-0.1, -0.05) is 18.2 Å². The van der Waals surface area contributed by atoms with Crippen molar-refractivity contribution in [1.82, 2.24) is 4.98 Å². The Morgan fingerprint density at radius 3 is 3.00 bits per heavy atom. The van der Waals surface area contributed by atoms with Crippen LogP contribution in [0.25, 0.3) is 0 Å². The Labute approximate surface area is 106 Å². The zero-order valence-corrected chi connectivity index (χ0v) is 10.6. The predicted octanol–water partition coefficient (Wildman–Crippen LogP) is 2.00. The molecule has 3 N–H and O–H groups in total. The van der Waals surface area contributed by atoms with Crippen molar-refractivity contribution in [3.8, 4) is 0 Å². The maximum absolute atomic E-state index is 11.5. The van der Waals surface area contributed by atoms with E-state index in [4.69, 9.17) is 5.73 Å². The van der Waals surface area contributed by atoms with E-state index in [1.165, 1.54) is 11.1 Å². The van der Waals surface area contributed by atoms with Gasteiger partial charge in [-0.25, -0.2) is 0 Å². The van der Waals surface area contributed by atoms with Crippen LogP contribution in [-0.2, 0) is 12.0 Å². The Balaban J connectivity index is 2.26. The first-order chi connectivity index (χ1) is 8.54. The highest BCUT2D eigenvalue weighted by molar-refractivity contribution is 5.47. The van der Waals surface area contributed by atoms with Crippen molar-refractivity contribution in [2.24, 2.45) is 11.7 Å². The second-order valence-corrected chi connectivity index (χ2v) is 5.46. The van der Waals surface area contributed by atoms with Gasteiger partial charge in [0.2, 0.25) is 5.56 Å². The van der Waals surface area contributed by atoms with E-state index in [9.17, 15) is 4.79 Å². The van der Waals surface area contributed by atoms with Gasteiger partial charge in [-0.15, -0.1) is 0 Å². The number of rotatable bonds is 0. The van der Waals surface area contributed by atoms with Crippen LogP contribution in [0.4, 0.5) is 0 Å². The molecule has 3 rings (SSSR count). The summed E-state index contributed by atoms with van der Waals surface area (Å²) >= 11 is 0. The highest BCUT2D eigenvalue weighted by Crippen LogP contribution is 2.49. The first-order valence-corrected chi connectivity index (χ1v) is 6.39. The zero-order valence-electron chi connectivity index (χ0n) is 10.6. The lowest BCUT2D eigenvalue weighted by Crippen LogP contribution is -2.49. The van der Waals surface area contributed by atoms with Gasteiger partial charge in [-0.2, -0.15) is 0 Å². The maximum Gasteiger partial charge on any atom is 0.248 e. The standard InChI is InChI=1S/C15H18N2O/c1-3-11-10-6-9(2)8-15(11,16)12-4-5-14(18)17-13(12)7-10/h3-5,10H,2,6-8,16H2,1H3,(H,17,18)/b11-3+. The largest absolute Gasteiger partial charge is 0.326 e. The first kappa shape index (κ1) is 11.5. The summed E-state index contributed by atoms with van der Waals surface area (Å²) in [6, 6.07) is 3.45. The minimum absolute atomic E-state index is 0.0434. The molecule has 0 aromatic carbocycles. The van der Waals surface area contributed by atoms with Crippen LogP contribution in [0.3, 0.4) is 0 Å². The Morgan fingerprint density at radius 1 is 1.50 bits per heavy atom. The lowest BCUT2D eigenvalue weighted by atomic mass is 9.61. The molecule has 2 atom stereocenters. The number of nitrogens with one attached hydrogen (secondary N) is 1. The molecule has 0 radical (unpaired) electrons. The summed E-state index contributed by atoms with van der Waals surface area (Å²) in [6.45, 7) is 6.17. The fourth-order valence-corrected chi connectivity index (χ4v) is 3.66. The summed E-state index contributed by atoms with van der Waals surface area (Å²) in [5.74, 6) is 0.395. The number of pyridine rings is 1. The number of hydrogen-bond acceptors (Lipinski definition) is 2. The fraction of sp³-hybridized carbons (Fsp3) is 0.400. The molecule has 0 saturated heterocycles. The number of H-pyrrole nitrogens is 1. The van der Waals surface area contributed by atoms with Crippen molar-refractivity contribution < 1.29 is 0 Å². The highest BCUT2D eigenvalue weighted by Gasteiger charge is 2.45. The summed E-state index contributed by atoms with van der Waals surface area (Å²) in [5, 5.41) is 0. The Hall–Kier alpha value is -1.61. The Bertz CT molecular complexity index is 611. The number of aromatic nitrogens is 1. The van der Waals surface area contributed by atoms with Gasteiger partial charge in [0.1, 0.15) is 0 Å². The van der Waals surface area contributed by atoms with Crippen LogP contribution in [0.15, 0.2) is 40.7 Å². The lowest BCUT2D eigenvalue weighted by Gasteiger charge is -2.47. The van der Waals surface area contributed by atoms with E-state index in [1.54, 1.807) is 6.07 Å². The first-order valence-electron chi connectivity index (χ1n) is 6.39. The predicted molar refractivity (Wildman–Crippen MR) is 72.3 cm³/mol. The third-order valence-electron chi connectivity index (χ3n) is 4.26. The maximum atomic E-state index is 11.5. The third kappa shape index (κ3) is 1.44. The second kappa shape index (κ2) is 3.69. The minimum atomic E-state index is -0.466. The number of fused-ring (bicyclic) bond motifs is 4. The summed E-state index contributed by atoms with van der Waals surface area (Å²) in [7, 11) is 0. The molecule has 0 amide bonds. The van der Waals surface area contributed by atoms with Crippen LogP contribution in [0.2, 0.25) is 0 Å². The molecule has 1 aromatic heterocycles. The summed E-state index contributed by atoms with van der Waals surface area (Å²) in [4.78, 5) is 14.4. The highest BCUT2D eigenvalue weighted by atomic mass is 16.1. The average molecular weight is 242 g/mol. The van der Waals surface area contributed by atoms with E-state index >= 15 is 0 Å². The van der Waals surface area contributed by atoms with E-state index in [0.717, 1.165) is 30.5 Å². The quantitative estimate of drug-likeness (QED) is 0.684. The van der Waals surface area contributed by atoms with E-state index in [1.807, 2.05) is 6.07 Å². The van der Waals surface area contributed by atoms with Crippen LogP contribution in [-0.4, -0.2) is 4.98 Å². The fourth-order valence-electron chi connectivity index (χ4n) is 3.66. The molecule has 2 bridgehead atoms. The third-order valence-corrected chi connectivity index (χ3v) is 4.26. The average Bonchev–Trinajstić information content (AvgIpc) is 2.26. The molecule has 94 valence electrons. The summed E-state index contributed by atoms with van der Waals surface area (Å²) in [5.41, 5.74) is 10.7. The SMILES string of the molecule is C=C1CC2Cc3[nH]c(=O)ccc3C(N)(C1)/C2=C/C. The number of aromatic amines is 1. The van der Waals surface area contributed by atoms with E-state index in [0.29, 0.717) is 5.92 Å². The van der Waals surface area contributed by atoms with Gasteiger partial charge < -0.3 is 10.7 Å². The number of hydrogen-bond donors (Lipinski definition) is 2. The number of allylic oxidation sites excluding steroid dienone is 1. The van der Waals surface area contributed by atoms with Gasteiger partial charge in [0, 0.05) is 11.8 Å². The molecule has 1 aromatic rings. The van der Waals surface area contributed by atoms with E-state index in [2.05, 4.69) is 24.6 Å². The monoisotopic (exact) mass is 242 g/mol. The van der Waals surface area contributed by atoms with Gasteiger partial charge in [-0.3, -0.25) is 4.79 Å². The van der Waals surface area contributed by atoms with Crippen molar-refractivity contribution in [1.29, 1.82) is 0 Å². The topological polar surface area (TPSA) is 58.9 Å². The van der Waals surface area contributed by atoms with E-state index in [-0.39, 0.29) is 5.56 Å². The number of nitrogens with two attached hydrogens (primary N) is 1. The second-order valence-electron chi connectivity index (χ2n) is 5.46. The van der Waals surface area contributed by atoms with Crippen molar-refractivity contribution in [2.75, 3.05) is 0 Å². The minimum Gasteiger partial charge on any atom is -0.326 e. The van der Waals surface area contributed by atoms with Crippen LogP contribution >= 0.6 is 0 Å². The molecule has 0 spiro atoms. The van der Waals surface area contributed by atoms with Gasteiger partial charge >= 0.3 is 0 Å². The molecule has 2 unspecified atom stereocenters. The summed E-state index contributed by atoms with van der Waals surface area (Å²) in [6.07, 6.45) is 4.77. The van der Waals surface area contributed by atoms with Crippen molar-refractivity contribution >= 4 is 0 Å². The zero-order chi connectivity index (χ0) is 12.9. The Kier molecular flexibility index (Phi) is 2.35. The normalized spacial score (nSPS) is 32.4. The van der Waals surface area contributed by atoms with Gasteiger partial charge in [0.05, 0.1) is 5.54 Å². The smallest absolute Gasteiger partial charge is 0.248 e. The molecule has 3 heteroatoms. The molecular weight excluding hydrogens is 224 g/mol. The lowest BCUT2D eigenvalue weighted by molar-refractivity contribution is 0.350. The molecule has 1 fully saturated rings. The summed E-state index contributed by atoms with van der Waals surface area (Å²) < 4.78 is 0. The Morgan fingerprint density at radius 2 is 2.28 bits per heavy atom. The van der Waals surface area contributed by atoms with Gasteiger partial charge in [0.25, 0.3) is 0 Å². The molecule has 3 nitrogen and oxygen atoms in total. The molecule has 18 heavy (non-hydrogen) atoms. The van der Waals surface area contributed by atoms with Crippen LogP contribution < -0.4 is 11.3 Å².